The monoisotopic (exact) mass is 263 g/mol. The number of anilines is 1. The Balaban J connectivity index is 2.07. The molecule has 0 radical (unpaired) electrons. The number of rotatable bonds is 4. The van der Waals surface area contributed by atoms with Gasteiger partial charge in [0.2, 0.25) is 0 Å². The van der Waals surface area contributed by atoms with E-state index >= 15 is 0 Å². The maximum atomic E-state index is 14.0. The summed E-state index contributed by atoms with van der Waals surface area (Å²) in [6, 6.07) is 5.13. The third-order valence-electron chi connectivity index (χ3n) is 4.43. The van der Waals surface area contributed by atoms with Crippen LogP contribution in [-0.2, 0) is 0 Å². The lowest BCUT2D eigenvalue weighted by atomic mass is 9.84. The van der Waals surface area contributed by atoms with Gasteiger partial charge < -0.3 is 4.90 Å². The van der Waals surface area contributed by atoms with Gasteiger partial charge in [0.1, 0.15) is 12.1 Å². The van der Waals surface area contributed by atoms with E-state index in [9.17, 15) is 9.18 Å². The number of hydrogen-bond donors (Lipinski definition) is 0. The Hall–Kier alpha value is -1.38. The van der Waals surface area contributed by atoms with Crippen LogP contribution in [0.25, 0.3) is 0 Å². The van der Waals surface area contributed by atoms with Crippen LogP contribution in [0.3, 0.4) is 0 Å². The van der Waals surface area contributed by atoms with Crippen LogP contribution in [0.15, 0.2) is 18.2 Å². The molecule has 1 aromatic carbocycles. The highest BCUT2D eigenvalue weighted by molar-refractivity contribution is 5.76. The van der Waals surface area contributed by atoms with Crippen LogP contribution in [0, 0.1) is 11.7 Å². The predicted octanol–water partition coefficient (Wildman–Crippen LogP) is 4.04. The third-order valence-corrected chi connectivity index (χ3v) is 4.43. The summed E-state index contributed by atoms with van der Waals surface area (Å²) in [5, 5.41) is 0. The topological polar surface area (TPSA) is 20.3 Å². The van der Waals surface area contributed by atoms with Crippen molar-refractivity contribution in [2.75, 3.05) is 11.9 Å². The molecule has 19 heavy (non-hydrogen) atoms. The number of benzene rings is 1. The van der Waals surface area contributed by atoms with Crippen LogP contribution < -0.4 is 4.90 Å². The van der Waals surface area contributed by atoms with Gasteiger partial charge in [-0.2, -0.15) is 0 Å². The van der Waals surface area contributed by atoms with Gasteiger partial charge in [0.05, 0.1) is 5.69 Å². The van der Waals surface area contributed by atoms with Crippen molar-refractivity contribution >= 4 is 12.0 Å². The van der Waals surface area contributed by atoms with Crippen molar-refractivity contribution in [1.82, 2.24) is 0 Å². The van der Waals surface area contributed by atoms with Crippen molar-refractivity contribution in [3.63, 3.8) is 0 Å². The highest BCUT2D eigenvalue weighted by atomic mass is 19.1. The van der Waals surface area contributed by atoms with E-state index < -0.39 is 0 Å². The van der Waals surface area contributed by atoms with Gasteiger partial charge in [0.15, 0.2) is 0 Å². The maximum Gasteiger partial charge on any atom is 0.150 e. The van der Waals surface area contributed by atoms with Crippen molar-refractivity contribution in [3.8, 4) is 0 Å². The zero-order valence-electron chi connectivity index (χ0n) is 11.7. The number of halogens is 1. The number of carbonyl (C=O) groups excluding carboxylic acids is 1. The van der Waals surface area contributed by atoms with Gasteiger partial charge in [-0.05, 0) is 49.8 Å². The molecule has 2 rings (SSSR count). The minimum atomic E-state index is -0.301. The SMILES string of the molecule is CCC1CCC(N(C)c2ccc(C=O)cc2F)CC1. The first-order chi connectivity index (χ1) is 9.15. The molecule has 3 heteroatoms. The molecule has 2 nitrogen and oxygen atoms in total. The van der Waals surface area contributed by atoms with E-state index in [0.29, 0.717) is 23.6 Å². The Labute approximate surface area is 114 Å². The minimum Gasteiger partial charge on any atom is -0.369 e. The van der Waals surface area contributed by atoms with Crippen molar-refractivity contribution in [2.45, 2.75) is 45.1 Å². The van der Waals surface area contributed by atoms with E-state index in [2.05, 4.69) is 6.92 Å². The molecular formula is C16H22FNO. The molecule has 0 bridgehead atoms. The second-order valence-corrected chi connectivity index (χ2v) is 5.52. The Kier molecular flexibility index (Phi) is 4.56. The van der Waals surface area contributed by atoms with E-state index in [0.717, 1.165) is 18.8 Å². The third kappa shape index (κ3) is 3.14. The molecular weight excluding hydrogens is 241 g/mol. The largest absolute Gasteiger partial charge is 0.369 e. The molecule has 0 unspecified atom stereocenters. The zero-order valence-corrected chi connectivity index (χ0v) is 11.7. The Morgan fingerprint density at radius 3 is 2.53 bits per heavy atom. The molecule has 0 amide bonds. The first kappa shape index (κ1) is 14.0. The molecule has 104 valence electrons. The van der Waals surface area contributed by atoms with Crippen LogP contribution in [0.2, 0.25) is 0 Å². The normalized spacial score (nSPS) is 23.1. The fourth-order valence-electron chi connectivity index (χ4n) is 3.02. The van der Waals surface area contributed by atoms with Crippen LogP contribution in [0.5, 0.6) is 0 Å². The standard InChI is InChI=1S/C16H22FNO/c1-3-12-4-7-14(8-5-12)18(2)16-9-6-13(11-19)10-15(16)17/h6,9-12,14H,3-5,7-8H2,1-2H3. The van der Waals surface area contributed by atoms with E-state index in [4.69, 9.17) is 0 Å². The number of carbonyl (C=O) groups is 1. The predicted molar refractivity (Wildman–Crippen MR) is 76.2 cm³/mol. The number of aldehydes is 1. The van der Waals surface area contributed by atoms with Crippen molar-refractivity contribution in [2.24, 2.45) is 5.92 Å². The van der Waals surface area contributed by atoms with Gasteiger partial charge in [0, 0.05) is 18.7 Å². The smallest absolute Gasteiger partial charge is 0.150 e. The number of nitrogens with zero attached hydrogens (tertiary/aromatic N) is 1. The van der Waals surface area contributed by atoms with Crippen molar-refractivity contribution in [3.05, 3.63) is 29.6 Å². The van der Waals surface area contributed by atoms with Crippen LogP contribution in [0.1, 0.15) is 49.4 Å². The van der Waals surface area contributed by atoms with Gasteiger partial charge in [-0.25, -0.2) is 4.39 Å². The second kappa shape index (κ2) is 6.18. The van der Waals surface area contributed by atoms with Gasteiger partial charge in [-0.15, -0.1) is 0 Å². The summed E-state index contributed by atoms with van der Waals surface area (Å²) >= 11 is 0. The van der Waals surface area contributed by atoms with Crippen molar-refractivity contribution in [1.29, 1.82) is 0 Å². The average molecular weight is 263 g/mol. The van der Waals surface area contributed by atoms with Crippen LogP contribution in [-0.4, -0.2) is 19.4 Å². The molecule has 0 aliphatic heterocycles. The molecule has 0 N–H and O–H groups in total. The quantitative estimate of drug-likeness (QED) is 0.764. The lowest BCUT2D eigenvalue weighted by Gasteiger charge is -2.36. The molecule has 0 heterocycles. The summed E-state index contributed by atoms with van der Waals surface area (Å²) in [6.45, 7) is 2.24. The molecule has 1 saturated carbocycles. The first-order valence-electron chi connectivity index (χ1n) is 7.13. The second-order valence-electron chi connectivity index (χ2n) is 5.52. The lowest BCUT2D eigenvalue weighted by molar-refractivity contribution is 0.112. The summed E-state index contributed by atoms with van der Waals surface area (Å²) in [4.78, 5) is 12.7. The average Bonchev–Trinajstić information content (AvgIpc) is 2.46. The molecule has 0 atom stereocenters. The van der Waals surface area contributed by atoms with Gasteiger partial charge in [0.25, 0.3) is 0 Å². The maximum absolute atomic E-state index is 14.0. The molecule has 1 fully saturated rings. The van der Waals surface area contributed by atoms with E-state index in [-0.39, 0.29) is 5.82 Å². The first-order valence-corrected chi connectivity index (χ1v) is 7.13. The Morgan fingerprint density at radius 2 is 2.00 bits per heavy atom. The summed E-state index contributed by atoms with van der Waals surface area (Å²) in [5.41, 5.74) is 0.995. The fourth-order valence-corrected chi connectivity index (χ4v) is 3.02. The zero-order chi connectivity index (χ0) is 13.8. The molecule has 0 aromatic heterocycles. The van der Waals surface area contributed by atoms with Gasteiger partial charge in [-0.3, -0.25) is 4.79 Å². The fraction of sp³-hybridized carbons (Fsp3) is 0.562. The summed E-state index contributed by atoms with van der Waals surface area (Å²) in [6.07, 6.45) is 6.66. The molecule has 1 aliphatic carbocycles. The van der Waals surface area contributed by atoms with Crippen molar-refractivity contribution < 1.29 is 9.18 Å². The molecule has 1 aliphatic rings. The summed E-state index contributed by atoms with van der Waals surface area (Å²) in [5.74, 6) is 0.539. The highest BCUT2D eigenvalue weighted by Crippen LogP contribution is 2.32. The molecule has 0 saturated heterocycles. The van der Waals surface area contributed by atoms with Gasteiger partial charge in [-0.1, -0.05) is 13.3 Å². The van der Waals surface area contributed by atoms with E-state index in [1.165, 1.54) is 25.3 Å². The highest BCUT2D eigenvalue weighted by Gasteiger charge is 2.24. The Bertz CT molecular complexity index is 438. The van der Waals surface area contributed by atoms with E-state index in [1.54, 1.807) is 12.1 Å². The number of hydrogen-bond acceptors (Lipinski definition) is 2. The van der Waals surface area contributed by atoms with Crippen LogP contribution in [0.4, 0.5) is 10.1 Å². The Morgan fingerprint density at radius 1 is 1.32 bits per heavy atom. The minimum absolute atomic E-state index is 0.301. The van der Waals surface area contributed by atoms with E-state index in [1.807, 2.05) is 11.9 Å². The molecule has 0 spiro atoms. The van der Waals surface area contributed by atoms with Gasteiger partial charge >= 0.3 is 0 Å². The molecule has 1 aromatic rings. The summed E-state index contributed by atoms with van der Waals surface area (Å²) in [7, 11) is 1.95. The lowest BCUT2D eigenvalue weighted by Crippen LogP contribution is -2.35. The summed E-state index contributed by atoms with van der Waals surface area (Å²) < 4.78 is 14.0. The van der Waals surface area contributed by atoms with Crippen LogP contribution >= 0.6 is 0 Å².